The quantitative estimate of drug-likeness (QED) is 0.771. The fraction of sp³-hybridized carbons (Fsp3) is 0.350. The lowest BCUT2D eigenvalue weighted by atomic mass is 10.0. The maximum atomic E-state index is 12.9. The average molecular weight is 365 g/mol. The number of aryl methyl sites for hydroxylation is 2. The summed E-state index contributed by atoms with van der Waals surface area (Å²) in [5.41, 5.74) is 4.24. The van der Waals surface area contributed by atoms with Crippen LogP contribution in [0.15, 0.2) is 36.4 Å². The van der Waals surface area contributed by atoms with Crippen LogP contribution in [-0.2, 0) is 9.53 Å². The molecule has 1 amide bonds. The molecule has 1 aromatic carbocycles. The molecule has 7 nitrogen and oxygen atoms in total. The summed E-state index contributed by atoms with van der Waals surface area (Å²) >= 11 is 0. The molecule has 0 radical (unpaired) electrons. The summed E-state index contributed by atoms with van der Waals surface area (Å²) in [5, 5.41) is 7.61. The van der Waals surface area contributed by atoms with Gasteiger partial charge in [-0.05, 0) is 26.5 Å². The zero-order valence-corrected chi connectivity index (χ0v) is 15.8. The first-order chi connectivity index (χ1) is 13.0. The first kappa shape index (κ1) is 17.6. The van der Waals surface area contributed by atoms with E-state index in [1.54, 1.807) is 4.52 Å². The number of carbonyl (C=O) groups is 1. The molecule has 3 heterocycles. The van der Waals surface area contributed by atoms with Crippen molar-refractivity contribution < 1.29 is 9.53 Å². The third-order valence-electron chi connectivity index (χ3n) is 4.77. The Kier molecular flexibility index (Phi) is 4.63. The molecule has 0 spiro atoms. The summed E-state index contributed by atoms with van der Waals surface area (Å²) in [6, 6.07) is 11.8. The van der Waals surface area contributed by atoms with Gasteiger partial charge < -0.3 is 15.0 Å². The van der Waals surface area contributed by atoms with Gasteiger partial charge in [0.2, 0.25) is 0 Å². The lowest BCUT2D eigenvalue weighted by molar-refractivity contribution is -0.132. The molecule has 0 saturated carbocycles. The van der Waals surface area contributed by atoms with Gasteiger partial charge in [-0.3, -0.25) is 4.79 Å². The number of anilines is 1. The largest absolute Gasteiger partial charge is 0.366 e. The number of hydrogen-bond acceptors (Lipinski definition) is 5. The van der Waals surface area contributed by atoms with E-state index in [0.717, 1.165) is 29.1 Å². The number of rotatable bonds is 3. The monoisotopic (exact) mass is 365 g/mol. The number of morpholine rings is 1. The summed E-state index contributed by atoms with van der Waals surface area (Å²) in [7, 11) is 1.99. The van der Waals surface area contributed by atoms with Crippen LogP contribution in [0.25, 0.3) is 16.8 Å². The number of nitrogens with zero attached hydrogens (tertiary/aromatic N) is 4. The molecule has 1 atom stereocenters. The molecule has 4 rings (SSSR count). The second-order valence-corrected chi connectivity index (χ2v) is 6.95. The Balaban J connectivity index is 1.80. The predicted molar refractivity (Wildman–Crippen MR) is 104 cm³/mol. The van der Waals surface area contributed by atoms with Crippen LogP contribution >= 0.6 is 0 Å². The van der Waals surface area contributed by atoms with E-state index < -0.39 is 6.10 Å². The third-order valence-corrected chi connectivity index (χ3v) is 4.77. The van der Waals surface area contributed by atoms with E-state index in [2.05, 4.69) is 20.3 Å². The summed E-state index contributed by atoms with van der Waals surface area (Å²) in [6.07, 6.45) is -0.507. The fourth-order valence-electron chi connectivity index (χ4n) is 3.43. The van der Waals surface area contributed by atoms with Gasteiger partial charge in [0.1, 0.15) is 11.9 Å². The Hall–Kier alpha value is -2.77. The Morgan fingerprint density at radius 1 is 1.26 bits per heavy atom. The van der Waals surface area contributed by atoms with E-state index >= 15 is 0 Å². The topological polar surface area (TPSA) is 71.8 Å². The Bertz CT molecular complexity index is 983. The number of likely N-dealkylation sites (N-methyl/N-ethyl adjacent to an activating group) is 1. The van der Waals surface area contributed by atoms with E-state index in [4.69, 9.17) is 4.74 Å². The highest BCUT2D eigenvalue weighted by Crippen LogP contribution is 2.31. The third kappa shape index (κ3) is 3.43. The molecule has 140 valence electrons. The molecular formula is C20H23N5O2. The van der Waals surface area contributed by atoms with Crippen LogP contribution in [0.4, 0.5) is 5.82 Å². The van der Waals surface area contributed by atoms with E-state index in [0.29, 0.717) is 24.6 Å². The average Bonchev–Trinajstić information content (AvgIpc) is 3.02. The normalized spacial score (nSPS) is 18.0. The minimum atomic E-state index is -0.507. The summed E-state index contributed by atoms with van der Waals surface area (Å²) in [5.74, 6) is 0.456. The Morgan fingerprint density at radius 3 is 2.78 bits per heavy atom. The van der Waals surface area contributed by atoms with Gasteiger partial charge in [-0.15, -0.1) is 0 Å². The molecule has 3 aromatic rings. The van der Waals surface area contributed by atoms with Crippen molar-refractivity contribution in [3.8, 4) is 11.1 Å². The highest BCUT2D eigenvalue weighted by atomic mass is 16.5. The summed E-state index contributed by atoms with van der Waals surface area (Å²) in [6.45, 7) is 5.81. The van der Waals surface area contributed by atoms with Crippen molar-refractivity contribution in [3.63, 3.8) is 0 Å². The van der Waals surface area contributed by atoms with E-state index in [9.17, 15) is 4.79 Å². The second-order valence-electron chi connectivity index (χ2n) is 6.95. The summed E-state index contributed by atoms with van der Waals surface area (Å²) < 4.78 is 7.38. The molecule has 7 heteroatoms. The number of benzene rings is 1. The minimum absolute atomic E-state index is 0.168. The van der Waals surface area contributed by atoms with Crippen LogP contribution in [0.2, 0.25) is 0 Å². The number of amides is 1. The van der Waals surface area contributed by atoms with Gasteiger partial charge in [-0.25, -0.2) is 4.98 Å². The molecule has 1 fully saturated rings. The van der Waals surface area contributed by atoms with Crippen LogP contribution in [0, 0.1) is 13.8 Å². The van der Waals surface area contributed by atoms with Crippen LogP contribution in [-0.4, -0.2) is 58.3 Å². The number of fused-ring (bicyclic) bond motifs is 1. The molecule has 1 aliphatic heterocycles. The molecular weight excluding hydrogens is 342 g/mol. The molecule has 1 N–H and O–H groups in total. The highest BCUT2D eigenvalue weighted by Gasteiger charge is 2.27. The number of hydrogen-bond donors (Lipinski definition) is 1. The lowest BCUT2D eigenvalue weighted by Crippen LogP contribution is -2.46. The second kappa shape index (κ2) is 7.09. The fourth-order valence-corrected chi connectivity index (χ4v) is 3.43. The Morgan fingerprint density at radius 2 is 2.04 bits per heavy atom. The first-order valence-electron chi connectivity index (χ1n) is 9.06. The number of nitrogens with one attached hydrogen (secondary N) is 1. The van der Waals surface area contributed by atoms with Crippen molar-refractivity contribution in [2.75, 3.05) is 32.1 Å². The SMILES string of the molecule is Cc1cc2nc(C)c(-c3ccccc3)c(NC(=O)C3CN(C)CCO3)n2n1. The van der Waals surface area contributed by atoms with Gasteiger partial charge in [0.05, 0.1) is 18.0 Å². The van der Waals surface area contributed by atoms with Gasteiger partial charge in [-0.2, -0.15) is 9.61 Å². The number of aromatic nitrogens is 3. The lowest BCUT2D eigenvalue weighted by Gasteiger charge is -2.29. The van der Waals surface area contributed by atoms with Crippen molar-refractivity contribution in [3.05, 3.63) is 47.8 Å². The van der Waals surface area contributed by atoms with Gasteiger partial charge in [0.25, 0.3) is 5.91 Å². The van der Waals surface area contributed by atoms with Crippen LogP contribution in [0.1, 0.15) is 11.4 Å². The van der Waals surface area contributed by atoms with Gasteiger partial charge in [-0.1, -0.05) is 30.3 Å². The van der Waals surface area contributed by atoms with Gasteiger partial charge >= 0.3 is 0 Å². The molecule has 2 aromatic heterocycles. The number of ether oxygens (including phenoxy) is 1. The summed E-state index contributed by atoms with van der Waals surface area (Å²) in [4.78, 5) is 19.7. The van der Waals surface area contributed by atoms with E-state index in [-0.39, 0.29) is 5.91 Å². The maximum absolute atomic E-state index is 12.9. The smallest absolute Gasteiger partial charge is 0.256 e. The molecule has 1 aliphatic rings. The zero-order chi connectivity index (χ0) is 19.0. The van der Waals surface area contributed by atoms with E-state index in [1.807, 2.05) is 57.3 Å². The van der Waals surface area contributed by atoms with Crippen molar-refractivity contribution in [2.45, 2.75) is 20.0 Å². The Labute approximate surface area is 158 Å². The van der Waals surface area contributed by atoms with Crippen LogP contribution in [0.3, 0.4) is 0 Å². The standard InChI is InChI=1S/C20H23N5O2/c1-13-11-17-21-14(2)18(15-7-5-4-6-8-15)19(25(17)23-13)22-20(26)16-12-24(3)9-10-27-16/h4-8,11,16H,9-10,12H2,1-3H3,(H,22,26). The van der Waals surface area contributed by atoms with Crippen molar-refractivity contribution in [2.24, 2.45) is 0 Å². The molecule has 0 bridgehead atoms. The van der Waals surface area contributed by atoms with E-state index in [1.165, 1.54) is 0 Å². The molecule has 1 saturated heterocycles. The predicted octanol–water partition coefficient (Wildman–Crippen LogP) is 2.28. The highest BCUT2D eigenvalue weighted by molar-refractivity contribution is 5.98. The van der Waals surface area contributed by atoms with Crippen molar-refractivity contribution >= 4 is 17.4 Å². The zero-order valence-electron chi connectivity index (χ0n) is 15.8. The van der Waals surface area contributed by atoms with Crippen molar-refractivity contribution in [1.29, 1.82) is 0 Å². The molecule has 27 heavy (non-hydrogen) atoms. The van der Waals surface area contributed by atoms with Crippen LogP contribution < -0.4 is 5.32 Å². The molecule has 0 aliphatic carbocycles. The van der Waals surface area contributed by atoms with Gasteiger partial charge in [0.15, 0.2) is 5.65 Å². The van der Waals surface area contributed by atoms with Crippen LogP contribution in [0.5, 0.6) is 0 Å². The molecule has 1 unspecified atom stereocenters. The van der Waals surface area contributed by atoms with Gasteiger partial charge in [0, 0.05) is 24.7 Å². The number of carbonyl (C=O) groups excluding carboxylic acids is 1. The maximum Gasteiger partial charge on any atom is 0.256 e. The van der Waals surface area contributed by atoms with Crippen molar-refractivity contribution in [1.82, 2.24) is 19.5 Å². The minimum Gasteiger partial charge on any atom is -0.366 e. The first-order valence-corrected chi connectivity index (χ1v) is 9.06.